The number of rotatable bonds is 8. The van der Waals surface area contributed by atoms with Crippen LogP contribution in [-0.4, -0.2) is 35.8 Å². The molecule has 0 aliphatic rings. The first-order chi connectivity index (χ1) is 10.7. The number of ether oxygens (including phenoxy) is 1. The molecule has 0 spiro atoms. The Labute approximate surface area is 138 Å². The Morgan fingerprint density at radius 2 is 2.04 bits per heavy atom. The first kappa shape index (κ1) is 19.3. The Morgan fingerprint density at radius 1 is 1.35 bits per heavy atom. The first-order valence-electron chi connectivity index (χ1n) is 6.64. The molecule has 0 aromatic heterocycles. The molecule has 5 nitrogen and oxygen atoms in total. The summed E-state index contributed by atoms with van der Waals surface area (Å²) in [5.74, 6) is -1.90. The van der Waals surface area contributed by atoms with E-state index in [9.17, 15) is 22.8 Å². The summed E-state index contributed by atoms with van der Waals surface area (Å²) in [6.45, 7) is 0.181. The maximum atomic E-state index is 12.2. The number of halogens is 4. The Bertz CT molecular complexity index is 551. The van der Waals surface area contributed by atoms with Crippen LogP contribution in [0.25, 0.3) is 0 Å². The molecule has 128 valence electrons. The molecule has 0 bridgehead atoms. The molecule has 1 rings (SSSR count). The van der Waals surface area contributed by atoms with Crippen LogP contribution in [0.5, 0.6) is 5.75 Å². The van der Waals surface area contributed by atoms with Gasteiger partial charge in [0, 0.05) is 10.9 Å². The molecule has 0 aliphatic carbocycles. The van der Waals surface area contributed by atoms with E-state index in [1.54, 1.807) is 18.2 Å². The van der Waals surface area contributed by atoms with Crippen LogP contribution in [0.4, 0.5) is 13.2 Å². The van der Waals surface area contributed by atoms with Gasteiger partial charge in [-0.15, -0.1) is 0 Å². The third-order valence-electron chi connectivity index (χ3n) is 2.68. The zero-order valence-corrected chi connectivity index (χ0v) is 13.5. The highest BCUT2D eigenvalue weighted by molar-refractivity contribution is 9.10. The van der Waals surface area contributed by atoms with E-state index in [2.05, 4.69) is 15.9 Å². The third-order valence-corrected chi connectivity index (χ3v) is 3.18. The van der Waals surface area contributed by atoms with Gasteiger partial charge in [0.2, 0.25) is 5.91 Å². The Kier molecular flexibility index (Phi) is 7.34. The van der Waals surface area contributed by atoms with Gasteiger partial charge < -0.3 is 15.2 Å². The average molecular weight is 398 g/mol. The van der Waals surface area contributed by atoms with E-state index in [1.807, 2.05) is 11.4 Å². The van der Waals surface area contributed by atoms with Crippen LogP contribution in [0.15, 0.2) is 28.7 Å². The number of carbonyl (C=O) groups is 2. The largest absolute Gasteiger partial charge is 0.494 e. The van der Waals surface area contributed by atoms with E-state index < -0.39 is 30.5 Å². The number of carbonyl (C=O) groups excluding carboxylic acids is 1. The minimum Gasteiger partial charge on any atom is -0.494 e. The van der Waals surface area contributed by atoms with Gasteiger partial charge in [-0.05, 0) is 24.6 Å². The maximum Gasteiger partial charge on any atom is 0.391 e. The van der Waals surface area contributed by atoms with Crippen LogP contribution in [0.2, 0.25) is 0 Å². The number of benzene rings is 1. The predicted octanol–water partition coefficient (Wildman–Crippen LogP) is 3.13. The third kappa shape index (κ3) is 8.44. The lowest BCUT2D eigenvalue weighted by Gasteiger charge is -2.16. The smallest absolute Gasteiger partial charge is 0.391 e. The summed E-state index contributed by atoms with van der Waals surface area (Å²) in [6, 6.07) is 5.04. The molecular weight excluding hydrogens is 383 g/mol. The summed E-state index contributed by atoms with van der Waals surface area (Å²) in [5.41, 5.74) is 0. The molecule has 0 heterocycles. The second kappa shape index (κ2) is 8.76. The van der Waals surface area contributed by atoms with E-state index in [0.717, 1.165) is 4.47 Å². The maximum absolute atomic E-state index is 12.2. The van der Waals surface area contributed by atoms with Gasteiger partial charge >= 0.3 is 12.1 Å². The van der Waals surface area contributed by atoms with Gasteiger partial charge in [-0.1, -0.05) is 22.0 Å². The summed E-state index contributed by atoms with van der Waals surface area (Å²) in [4.78, 5) is 22.2. The molecule has 1 atom stereocenters. The molecule has 1 aromatic carbocycles. The fraction of sp³-hybridized carbons (Fsp3) is 0.429. The van der Waals surface area contributed by atoms with Crippen LogP contribution in [0, 0.1) is 0 Å². The molecule has 1 aromatic rings. The SMILES string of the molecule is O=C(CCCOc1cccc(Br)c1)NC(CC(F)(F)F)C(=O)O. The molecule has 23 heavy (non-hydrogen) atoms. The van der Waals surface area contributed by atoms with Gasteiger partial charge in [0.15, 0.2) is 0 Å². The van der Waals surface area contributed by atoms with Gasteiger partial charge in [-0.3, -0.25) is 4.79 Å². The minimum absolute atomic E-state index is 0.129. The molecular formula is C14H15BrF3NO4. The Hall–Kier alpha value is -1.77. The number of amides is 1. The number of hydrogen-bond acceptors (Lipinski definition) is 3. The Morgan fingerprint density at radius 3 is 2.61 bits per heavy atom. The van der Waals surface area contributed by atoms with Gasteiger partial charge in [-0.2, -0.15) is 13.2 Å². The predicted molar refractivity (Wildman–Crippen MR) is 79.1 cm³/mol. The van der Waals surface area contributed by atoms with E-state index in [-0.39, 0.29) is 19.4 Å². The van der Waals surface area contributed by atoms with Gasteiger partial charge in [0.1, 0.15) is 11.8 Å². The number of carboxylic acids is 1. The lowest BCUT2D eigenvalue weighted by molar-refractivity contribution is -0.160. The Balaban J connectivity index is 2.34. The number of aliphatic carboxylic acids is 1. The molecule has 1 amide bonds. The van der Waals surface area contributed by atoms with Crippen molar-refractivity contribution in [1.82, 2.24) is 5.32 Å². The van der Waals surface area contributed by atoms with Crippen molar-refractivity contribution < 1.29 is 32.6 Å². The average Bonchev–Trinajstić information content (AvgIpc) is 2.41. The fourth-order valence-electron chi connectivity index (χ4n) is 1.68. The second-order valence-corrected chi connectivity index (χ2v) is 5.60. The summed E-state index contributed by atoms with van der Waals surface area (Å²) in [6.07, 6.45) is -6.16. The van der Waals surface area contributed by atoms with Crippen molar-refractivity contribution in [3.63, 3.8) is 0 Å². The highest BCUT2D eigenvalue weighted by Crippen LogP contribution is 2.22. The van der Waals surface area contributed by atoms with Crippen molar-refractivity contribution in [2.24, 2.45) is 0 Å². The minimum atomic E-state index is -4.67. The van der Waals surface area contributed by atoms with Gasteiger partial charge in [-0.25, -0.2) is 4.79 Å². The number of carboxylic acid groups (broad SMARTS) is 1. The van der Waals surface area contributed by atoms with E-state index in [4.69, 9.17) is 9.84 Å². The number of nitrogens with one attached hydrogen (secondary N) is 1. The molecule has 9 heteroatoms. The lowest BCUT2D eigenvalue weighted by atomic mass is 10.2. The van der Waals surface area contributed by atoms with Crippen molar-refractivity contribution in [3.05, 3.63) is 28.7 Å². The standard InChI is InChI=1S/C14H15BrF3NO4/c15-9-3-1-4-10(7-9)23-6-2-5-12(20)19-11(13(21)22)8-14(16,17)18/h1,3-4,7,11H,2,5-6,8H2,(H,19,20)(H,21,22). The molecule has 0 saturated heterocycles. The molecule has 0 fully saturated rings. The van der Waals surface area contributed by atoms with Gasteiger partial charge in [0.05, 0.1) is 13.0 Å². The van der Waals surface area contributed by atoms with E-state index in [0.29, 0.717) is 5.75 Å². The summed E-state index contributed by atoms with van der Waals surface area (Å²) in [7, 11) is 0. The molecule has 1 unspecified atom stereocenters. The van der Waals surface area contributed by atoms with Crippen LogP contribution in [-0.2, 0) is 9.59 Å². The lowest BCUT2D eigenvalue weighted by Crippen LogP contribution is -2.43. The monoisotopic (exact) mass is 397 g/mol. The summed E-state index contributed by atoms with van der Waals surface area (Å²) in [5, 5.41) is 10.5. The molecule has 2 N–H and O–H groups in total. The number of hydrogen-bond donors (Lipinski definition) is 2. The molecule has 0 radical (unpaired) electrons. The van der Waals surface area contributed by atoms with Crippen LogP contribution < -0.4 is 10.1 Å². The molecule has 0 saturated carbocycles. The zero-order chi connectivity index (χ0) is 17.5. The highest BCUT2D eigenvalue weighted by atomic mass is 79.9. The van der Waals surface area contributed by atoms with Crippen molar-refractivity contribution in [3.8, 4) is 5.75 Å². The van der Waals surface area contributed by atoms with Crippen molar-refractivity contribution >= 4 is 27.8 Å². The van der Waals surface area contributed by atoms with Crippen LogP contribution >= 0.6 is 15.9 Å². The second-order valence-electron chi connectivity index (χ2n) is 4.69. The topological polar surface area (TPSA) is 75.6 Å². The highest BCUT2D eigenvalue weighted by Gasteiger charge is 2.36. The van der Waals surface area contributed by atoms with E-state index >= 15 is 0 Å². The van der Waals surface area contributed by atoms with Crippen molar-refractivity contribution in [2.45, 2.75) is 31.5 Å². The molecule has 0 aliphatic heterocycles. The quantitative estimate of drug-likeness (QED) is 0.660. The number of alkyl halides is 3. The summed E-state index contributed by atoms with van der Waals surface area (Å²) >= 11 is 3.27. The van der Waals surface area contributed by atoms with Crippen molar-refractivity contribution in [1.29, 1.82) is 0 Å². The normalized spacial score (nSPS) is 12.5. The van der Waals surface area contributed by atoms with Gasteiger partial charge in [0.25, 0.3) is 0 Å². The first-order valence-corrected chi connectivity index (χ1v) is 7.44. The van der Waals surface area contributed by atoms with E-state index in [1.165, 1.54) is 0 Å². The van der Waals surface area contributed by atoms with Crippen LogP contribution in [0.1, 0.15) is 19.3 Å². The fourth-order valence-corrected chi connectivity index (χ4v) is 2.06. The van der Waals surface area contributed by atoms with Crippen LogP contribution in [0.3, 0.4) is 0 Å². The zero-order valence-electron chi connectivity index (χ0n) is 11.9. The summed E-state index contributed by atoms with van der Waals surface area (Å²) < 4.78 is 42.8. The van der Waals surface area contributed by atoms with Crippen molar-refractivity contribution in [2.75, 3.05) is 6.61 Å².